The Morgan fingerprint density at radius 1 is 0.881 bits per heavy atom. The van der Waals surface area contributed by atoms with Gasteiger partial charge in [0, 0.05) is 57.4 Å². The molecule has 10 heteroatoms. The van der Waals surface area contributed by atoms with Gasteiger partial charge in [0.25, 0.3) is 11.6 Å². The fourth-order valence-electron chi connectivity index (χ4n) is 5.67. The van der Waals surface area contributed by atoms with Crippen LogP contribution >= 0.6 is 0 Å². The zero-order chi connectivity index (χ0) is 29.6. The molecule has 3 aromatic carbocycles. The highest BCUT2D eigenvalue weighted by Crippen LogP contribution is 2.34. The van der Waals surface area contributed by atoms with E-state index in [1.165, 1.54) is 18.7 Å². The number of benzene rings is 3. The SMILES string of the molecule is COC(=O)c1ccc(N2CCN(Cc3ccccc3)CC2)c(NC(=O)c2ccc(N3CCC(C)CC3)c([N+](=O)[O-])c2)c1. The van der Waals surface area contributed by atoms with E-state index in [0.717, 1.165) is 64.3 Å². The molecule has 1 amide bonds. The minimum Gasteiger partial charge on any atom is -0.465 e. The Bertz CT molecular complexity index is 1430. The second kappa shape index (κ2) is 13.0. The topological polar surface area (TPSA) is 108 Å². The van der Waals surface area contributed by atoms with Crippen LogP contribution < -0.4 is 15.1 Å². The number of nitro benzene ring substituents is 1. The summed E-state index contributed by atoms with van der Waals surface area (Å²) in [5.74, 6) is -0.407. The summed E-state index contributed by atoms with van der Waals surface area (Å²) in [5, 5.41) is 14.9. The molecule has 0 radical (unpaired) electrons. The second-order valence-electron chi connectivity index (χ2n) is 11.1. The van der Waals surface area contributed by atoms with Crippen molar-refractivity contribution in [3.8, 4) is 0 Å². The Labute approximate surface area is 246 Å². The number of amides is 1. The highest BCUT2D eigenvalue weighted by Gasteiger charge is 2.26. The zero-order valence-corrected chi connectivity index (χ0v) is 24.1. The quantitative estimate of drug-likeness (QED) is 0.224. The maximum Gasteiger partial charge on any atom is 0.337 e. The van der Waals surface area contributed by atoms with Crippen molar-refractivity contribution < 1.29 is 19.2 Å². The normalized spacial score (nSPS) is 16.2. The maximum absolute atomic E-state index is 13.5. The van der Waals surface area contributed by atoms with Crippen LogP contribution in [0.4, 0.5) is 22.7 Å². The van der Waals surface area contributed by atoms with Crippen LogP contribution in [0, 0.1) is 16.0 Å². The molecule has 2 aliphatic rings. The number of hydrogen-bond donors (Lipinski definition) is 1. The molecule has 0 aromatic heterocycles. The lowest BCUT2D eigenvalue weighted by Gasteiger charge is -2.37. The summed E-state index contributed by atoms with van der Waals surface area (Å²) in [5.41, 5.74) is 3.43. The molecule has 220 valence electrons. The number of anilines is 3. The van der Waals surface area contributed by atoms with Crippen LogP contribution in [0.1, 0.15) is 46.0 Å². The van der Waals surface area contributed by atoms with Gasteiger partial charge in [0.1, 0.15) is 5.69 Å². The first-order valence-corrected chi connectivity index (χ1v) is 14.4. The van der Waals surface area contributed by atoms with Gasteiger partial charge in [-0.2, -0.15) is 0 Å². The largest absolute Gasteiger partial charge is 0.465 e. The van der Waals surface area contributed by atoms with E-state index in [0.29, 0.717) is 22.9 Å². The first-order valence-electron chi connectivity index (χ1n) is 14.4. The zero-order valence-electron chi connectivity index (χ0n) is 24.1. The number of methoxy groups -OCH3 is 1. The van der Waals surface area contributed by atoms with Gasteiger partial charge in [0.05, 0.1) is 29.0 Å². The Morgan fingerprint density at radius 2 is 1.52 bits per heavy atom. The number of carbonyl (C=O) groups excluding carboxylic acids is 2. The Balaban J connectivity index is 1.35. The van der Waals surface area contributed by atoms with Crippen LogP contribution in [-0.4, -0.2) is 68.1 Å². The van der Waals surface area contributed by atoms with Crippen molar-refractivity contribution in [3.63, 3.8) is 0 Å². The van der Waals surface area contributed by atoms with Crippen molar-refractivity contribution in [2.45, 2.75) is 26.3 Å². The number of carbonyl (C=O) groups is 2. The average molecular weight is 572 g/mol. The first kappa shape index (κ1) is 29.1. The van der Waals surface area contributed by atoms with Gasteiger partial charge in [0.2, 0.25) is 0 Å². The minimum atomic E-state index is -0.513. The van der Waals surface area contributed by atoms with E-state index in [1.807, 2.05) is 29.2 Å². The van der Waals surface area contributed by atoms with Crippen LogP contribution in [0.25, 0.3) is 0 Å². The Morgan fingerprint density at radius 3 is 2.19 bits per heavy atom. The number of hydrogen-bond acceptors (Lipinski definition) is 8. The number of nitro groups is 1. The number of rotatable bonds is 8. The van der Waals surface area contributed by atoms with Crippen molar-refractivity contribution in [2.75, 3.05) is 61.5 Å². The summed E-state index contributed by atoms with van der Waals surface area (Å²) in [6.07, 6.45) is 1.94. The number of nitrogens with one attached hydrogen (secondary N) is 1. The summed E-state index contributed by atoms with van der Waals surface area (Å²) in [7, 11) is 1.31. The predicted octanol–water partition coefficient (Wildman–Crippen LogP) is 5.19. The molecule has 0 spiro atoms. The summed E-state index contributed by atoms with van der Waals surface area (Å²) in [6, 6.07) is 20.1. The molecule has 10 nitrogen and oxygen atoms in total. The molecule has 0 atom stereocenters. The van der Waals surface area contributed by atoms with Gasteiger partial charge in [-0.05, 0) is 54.7 Å². The molecule has 0 aliphatic carbocycles. The third kappa shape index (κ3) is 6.71. The van der Waals surface area contributed by atoms with Crippen molar-refractivity contribution >= 4 is 34.6 Å². The third-order valence-electron chi connectivity index (χ3n) is 8.19. The third-order valence-corrected chi connectivity index (χ3v) is 8.19. The van der Waals surface area contributed by atoms with E-state index in [4.69, 9.17) is 4.74 Å². The lowest BCUT2D eigenvalue weighted by atomic mass is 9.98. The molecule has 0 unspecified atom stereocenters. The van der Waals surface area contributed by atoms with E-state index in [-0.39, 0.29) is 11.3 Å². The number of piperazine rings is 1. The van der Waals surface area contributed by atoms with Gasteiger partial charge >= 0.3 is 5.97 Å². The van der Waals surface area contributed by atoms with Gasteiger partial charge in [-0.1, -0.05) is 37.3 Å². The first-order chi connectivity index (χ1) is 20.3. The number of ether oxygens (including phenoxy) is 1. The highest BCUT2D eigenvalue weighted by molar-refractivity contribution is 6.07. The monoisotopic (exact) mass is 571 g/mol. The number of nitrogens with zero attached hydrogens (tertiary/aromatic N) is 4. The molecule has 0 bridgehead atoms. The lowest BCUT2D eigenvalue weighted by Crippen LogP contribution is -2.46. The van der Waals surface area contributed by atoms with Crippen LogP contribution in [0.3, 0.4) is 0 Å². The summed E-state index contributed by atoms with van der Waals surface area (Å²) in [4.78, 5) is 44.0. The van der Waals surface area contributed by atoms with Crippen LogP contribution in [-0.2, 0) is 11.3 Å². The van der Waals surface area contributed by atoms with Crippen molar-refractivity contribution in [2.24, 2.45) is 5.92 Å². The van der Waals surface area contributed by atoms with Crippen LogP contribution in [0.2, 0.25) is 0 Å². The minimum absolute atomic E-state index is 0.0877. The Hall–Kier alpha value is -4.44. The van der Waals surface area contributed by atoms with Crippen molar-refractivity contribution in [3.05, 3.63) is 93.5 Å². The second-order valence-corrected chi connectivity index (χ2v) is 11.1. The number of esters is 1. The molecule has 42 heavy (non-hydrogen) atoms. The number of piperidine rings is 1. The summed E-state index contributed by atoms with van der Waals surface area (Å²) >= 11 is 0. The van der Waals surface area contributed by atoms with Gasteiger partial charge in [0.15, 0.2) is 0 Å². The van der Waals surface area contributed by atoms with Crippen LogP contribution in [0.15, 0.2) is 66.7 Å². The van der Waals surface area contributed by atoms with E-state index >= 15 is 0 Å². The molecule has 2 saturated heterocycles. The fourth-order valence-corrected chi connectivity index (χ4v) is 5.67. The molecule has 1 N–H and O–H groups in total. The molecular formula is C32H37N5O5. The molecule has 2 heterocycles. The van der Waals surface area contributed by atoms with E-state index in [2.05, 4.69) is 34.2 Å². The highest BCUT2D eigenvalue weighted by atomic mass is 16.6. The molecule has 3 aromatic rings. The van der Waals surface area contributed by atoms with E-state index in [9.17, 15) is 19.7 Å². The van der Waals surface area contributed by atoms with Gasteiger partial charge in [-0.25, -0.2) is 4.79 Å². The molecule has 0 saturated carbocycles. The van der Waals surface area contributed by atoms with E-state index < -0.39 is 16.8 Å². The average Bonchev–Trinajstić information content (AvgIpc) is 3.01. The molecule has 2 fully saturated rings. The predicted molar refractivity (Wildman–Crippen MR) is 163 cm³/mol. The van der Waals surface area contributed by atoms with Gasteiger partial charge in [-0.15, -0.1) is 0 Å². The fraction of sp³-hybridized carbons (Fsp3) is 0.375. The smallest absolute Gasteiger partial charge is 0.337 e. The summed E-state index contributed by atoms with van der Waals surface area (Å²) in [6.45, 7) is 7.70. The lowest BCUT2D eigenvalue weighted by molar-refractivity contribution is -0.384. The molecule has 2 aliphatic heterocycles. The van der Waals surface area contributed by atoms with Gasteiger partial charge < -0.3 is 19.9 Å². The molecule has 5 rings (SSSR count). The van der Waals surface area contributed by atoms with Gasteiger partial charge in [-0.3, -0.25) is 19.8 Å². The maximum atomic E-state index is 13.5. The van der Waals surface area contributed by atoms with Crippen LogP contribution in [0.5, 0.6) is 0 Å². The molecular weight excluding hydrogens is 534 g/mol. The summed E-state index contributed by atoms with van der Waals surface area (Å²) < 4.78 is 4.90. The van der Waals surface area contributed by atoms with Crippen molar-refractivity contribution in [1.29, 1.82) is 0 Å². The van der Waals surface area contributed by atoms with Crippen molar-refractivity contribution in [1.82, 2.24) is 4.90 Å². The standard InChI is InChI=1S/C32H37N5O5/c1-23-12-14-35(15-13-23)29-11-8-25(21-30(29)37(40)41)31(38)33-27-20-26(32(39)42-2)9-10-28(27)36-18-16-34(17-19-36)22-24-6-4-3-5-7-24/h3-11,20-21,23H,12-19,22H2,1-2H3,(H,33,38). The van der Waals surface area contributed by atoms with E-state index in [1.54, 1.807) is 24.3 Å². The Kier molecular flexibility index (Phi) is 9.02.